The van der Waals surface area contributed by atoms with E-state index in [0.29, 0.717) is 70.8 Å². The summed E-state index contributed by atoms with van der Waals surface area (Å²) in [6.45, 7) is 5.88. The second-order valence-electron chi connectivity index (χ2n) is 22.8. The predicted octanol–water partition coefficient (Wildman–Crippen LogP) is 10.1. The van der Waals surface area contributed by atoms with Crippen molar-refractivity contribution in [2.24, 2.45) is 22.0 Å². The quantitative estimate of drug-likeness (QED) is 0.0827. The Morgan fingerprint density at radius 1 is 0.563 bits per heavy atom. The van der Waals surface area contributed by atoms with Crippen LogP contribution in [0.3, 0.4) is 0 Å². The predicted molar refractivity (Wildman–Crippen MR) is 324 cm³/mol. The zero-order valence-corrected chi connectivity index (χ0v) is 48.3. The minimum absolute atomic E-state index is 0.0255. The fraction of sp³-hybridized carbons (Fsp3) is 0.312. The molecule has 87 heavy (non-hydrogen) atoms. The van der Waals surface area contributed by atoms with Gasteiger partial charge in [0, 0.05) is 96.2 Å². The number of H-pyrrole nitrogens is 1. The first kappa shape index (κ1) is 57.1. The molecule has 10 heterocycles. The van der Waals surface area contributed by atoms with Crippen LogP contribution in [0.25, 0.3) is 56.1 Å². The summed E-state index contributed by atoms with van der Waals surface area (Å²) in [5.41, 5.74) is 10.5. The Morgan fingerprint density at radius 3 is 1.45 bits per heavy atom. The van der Waals surface area contributed by atoms with Crippen molar-refractivity contribution in [1.82, 2.24) is 59.2 Å². The average molecular weight is 1170 g/mol. The second-order valence-corrected chi connectivity index (χ2v) is 22.8. The lowest BCUT2D eigenvalue weighted by molar-refractivity contribution is -0.129. The Kier molecular flexibility index (Phi) is 16.0. The van der Waals surface area contributed by atoms with Gasteiger partial charge < -0.3 is 20.6 Å². The number of carboxylic acid groups (broad SMARTS) is 1. The highest BCUT2D eigenvalue weighted by Gasteiger charge is 2.46. The van der Waals surface area contributed by atoms with Crippen molar-refractivity contribution in [3.63, 3.8) is 0 Å². The van der Waals surface area contributed by atoms with E-state index >= 15 is 0 Å². The van der Waals surface area contributed by atoms with E-state index in [4.69, 9.17) is 15.1 Å². The highest BCUT2D eigenvalue weighted by Crippen LogP contribution is 2.50. The minimum Gasteiger partial charge on any atom is -0.477 e. The highest BCUT2D eigenvalue weighted by atomic mass is 16.4. The number of nitrogens with zero attached hydrogens (tertiary/aromatic N) is 13. The summed E-state index contributed by atoms with van der Waals surface area (Å²) in [6, 6.07) is 27.8. The number of anilines is 2. The standard InChI is InChI=1S/C31H29N9O3.C29H29N5O2.C4H4N2O2/c1-17(41)26-27(21-12-22-9-10-23(13-21)39(22)31(43)28-33-16-34-38-28)37-29-24(15-35-40(29)30(26)36-18(2)42)20-8-11-25(32-14-20)19-6-4-3-5-7-19;1-17(35)26-27(23-13-19-8-9-20(12-19)14-23)33-28-24(16-31-34(28)29(26)32-18(2)36)22-10-11-25(30-15-22)21-6-4-3-5-7-21;7-4(8)3-1-2-5-6-3/h3-8,11,14-16,21-23H,9-10,12-13H2,1-2H3,(H,36,42)(H,33,34,38);3-7,10-11,15-16,19-20,23H,8-9,12-14H2,1-2H3,(H,32,36);2H,1H2,(H,7,8)/t21?,22-,23+;19-,20+,23?;. The summed E-state index contributed by atoms with van der Waals surface area (Å²) in [4.78, 5) is 99.4. The van der Waals surface area contributed by atoms with Gasteiger partial charge in [0.2, 0.25) is 17.6 Å². The summed E-state index contributed by atoms with van der Waals surface area (Å²) in [5.74, 6) is 0.379. The van der Waals surface area contributed by atoms with Gasteiger partial charge in [-0.3, -0.25) is 39.0 Å². The minimum atomic E-state index is -0.984. The van der Waals surface area contributed by atoms with Crippen LogP contribution in [0, 0.1) is 11.8 Å². The Balaban J connectivity index is 0.000000152. The van der Waals surface area contributed by atoms with E-state index in [1.54, 1.807) is 30.0 Å². The van der Waals surface area contributed by atoms with Crippen molar-refractivity contribution in [2.75, 3.05) is 10.6 Å². The molecule has 7 aromatic heterocycles. The van der Waals surface area contributed by atoms with E-state index in [1.165, 1.54) is 57.1 Å². The molecule has 4 bridgehead atoms. The number of piperidine rings is 1. The number of ketones is 2. The van der Waals surface area contributed by atoms with Crippen molar-refractivity contribution in [1.29, 1.82) is 0 Å². The molecule has 4 N–H and O–H groups in total. The summed E-state index contributed by atoms with van der Waals surface area (Å²) in [5, 5.41) is 36.3. The van der Waals surface area contributed by atoms with Crippen LogP contribution in [-0.4, -0.2) is 124 Å². The molecule has 2 unspecified atom stereocenters. The lowest BCUT2D eigenvalue weighted by Crippen LogP contribution is -2.46. The van der Waals surface area contributed by atoms with E-state index in [2.05, 4.69) is 56.2 Å². The molecule has 5 aliphatic rings. The number of hydrogen-bond donors (Lipinski definition) is 4. The number of Topliss-reactive ketones (excluding diaryl/α,β-unsaturated/α-hetero) is 2. The van der Waals surface area contributed by atoms with Crippen LogP contribution in [0.1, 0.15) is 146 Å². The first-order chi connectivity index (χ1) is 42.2. The zero-order chi connectivity index (χ0) is 60.5. The third kappa shape index (κ3) is 11.7. The second kappa shape index (κ2) is 24.3. The Hall–Kier alpha value is -10.3. The number of carbonyl (C=O) groups excluding carboxylic acids is 5. The number of pyridine rings is 2. The Morgan fingerprint density at radius 2 is 1.06 bits per heavy atom. The van der Waals surface area contributed by atoms with Gasteiger partial charge >= 0.3 is 5.97 Å². The van der Waals surface area contributed by atoms with E-state index in [9.17, 15) is 28.8 Å². The zero-order valence-electron chi connectivity index (χ0n) is 48.3. The summed E-state index contributed by atoms with van der Waals surface area (Å²) in [7, 11) is 0. The molecule has 9 aromatic rings. The van der Waals surface area contributed by atoms with Crippen molar-refractivity contribution in [2.45, 2.75) is 116 Å². The fourth-order valence-corrected chi connectivity index (χ4v) is 13.2. The molecule has 4 fully saturated rings. The fourth-order valence-electron chi connectivity index (χ4n) is 13.2. The van der Waals surface area contributed by atoms with Gasteiger partial charge in [0.1, 0.15) is 18.0 Å². The largest absolute Gasteiger partial charge is 0.477 e. The molecule has 0 spiro atoms. The van der Waals surface area contributed by atoms with Crippen LogP contribution in [-0.2, 0) is 14.4 Å². The number of aromatic nitrogens is 11. The van der Waals surface area contributed by atoms with E-state index < -0.39 is 5.97 Å². The molecule has 23 heteroatoms. The van der Waals surface area contributed by atoms with Gasteiger partial charge in [-0.2, -0.15) is 29.4 Å². The molecule has 6 atom stereocenters. The normalized spacial score (nSPS) is 19.8. The number of hydrogen-bond acceptors (Lipinski definition) is 16. The number of aromatic amines is 1. The molecule has 2 saturated heterocycles. The van der Waals surface area contributed by atoms with Crippen LogP contribution in [0.4, 0.5) is 11.6 Å². The van der Waals surface area contributed by atoms with E-state index in [0.717, 1.165) is 76.1 Å². The van der Waals surface area contributed by atoms with Crippen molar-refractivity contribution < 1.29 is 33.9 Å². The smallest absolute Gasteiger partial charge is 0.352 e. The maximum atomic E-state index is 13.2. The molecule has 440 valence electrons. The topological polar surface area (TPSA) is 302 Å². The van der Waals surface area contributed by atoms with Gasteiger partial charge in [0.25, 0.3) is 5.91 Å². The molecular formula is C64H62N16O7. The number of amides is 3. The maximum absolute atomic E-state index is 13.2. The third-order valence-corrected chi connectivity index (χ3v) is 17.0. The number of carbonyl (C=O) groups is 6. The van der Waals surface area contributed by atoms with Crippen LogP contribution >= 0.6 is 0 Å². The lowest BCUT2D eigenvalue weighted by Gasteiger charge is -2.38. The van der Waals surface area contributed by atoms with Crippen LogP contribution < -0.4 is 10.6 Å². The molecular weight excluding hydrogens is 1100 g/mol. The van der Waals surface area contributed by atoms with Gasteiger partial charge in [0.15, 0.2) is 28.6 Å². The average Bonchev–Trinajstić information content (AvgIpc) is 1.75. The molecule has 14 rings (SSSR count). The monoisotopic (exact) mass is 1170 g/mol. The molecule has 3 aliphatic heterocycles. The van der Waals surface area contributed by atoms with Crippen molar-refractivity contribution in [3.8, 4) is 44.8 Å². The molecule has 3 amide bonds. The summed E-state index contributed by atoms with van der Waals surface area (Å²) < 4.78 is 3.12. The van der Waals surface area contributed by atoms with Crippen LogP contribution in [0.15, 0.2) is 126 Å². The first-order valence-corrected chi connectivity index (χ1v) is 29.1. The highest BCUT2D eigenvalue weighted by molar-refractivity contribution is 6.38. The van der Waals surface area contributed by atoms with Gasteiger partial charge in [-0.1, -0.05) is 85.6 Å². The van der Waals surface area contributed by atoms with E-state index in [1.807, 2.05) is 96.0 Å². The third-order valence-electron chi connectivity index (χ3n) is 17.0. The maximum Gasteiger partial charge on any atom is 0.352 e. The van der Waals surface area contributed by atoms with Gasteiger partial charge in [-0.25, -0.2) is 19.7 Å². The number of nitrogens with one attached hydrogen (secondary N) is 3. The number of aliphatic carboxylic acids is 1. The van der Waals surface area contributed by atoms with Crippen molar-refractivity contribution in [3.05, 3.63) is 144 Å². The lowest BCUT2D eigenvalue weighted by atomic mass is 9.78. The van der Waals surface area contributed by atoms with Gasteiger partial charge in [0.05, 0.1) is 46.3 Å². The van der Waals surface area contributed by atoms with Crippen LogP contribution in [0.2, 0.25) is 0 Å². The summed E-state index contributed by atoms with van der Waals surface area (Å²) >= 11 is 0. The molecule has 2 saturated carbocycles. The molecule has 23 nitrogen and oxygen atoms in total. The Bertz CT molecular complexity index is 4160. The molecule has 0 radical (unpaired) electrons. The van der Waals surface area contributed by atoms with Crippen LogP contribution in [0.5, 0.6) is 0 Å². The van der Waals surface area contributed by atoms with Gasteiger partial charge in [-0.15, -0.1) is 5.10 Å². The Labute approximate surface area is 498 Å². The van der Waals surface area contributed by atoms with Gasteiger partial charge in [-0.05, 0) is 82.8 Å². The van der Waals surface area contributed by atoms with Crippen molar-refractivity contribution >= 4 is 70.1 Å². The number of benzene rings is 2. The SMILES string of the molecule is CC(=O)Nc1c(C(C)=O)c(C2C[C@H]3CC[C@@H](C2)C3)nc2c(-c3ccc(-c4ccccc4)nc3)cnn12.CC(=O)Nc1c(C(C)=O)c(C2C[C@H]3CC[C@@H](C2)N3C(=O)c2ncn[nH]2)nc2c(-c3ccc(-c4ccccc4)nc3)cnn12.O=C(O)C1=NN=CC1. The molecule has 2 aromatic carbocycles. The summed E-state index contributed by atoms with van der Waals surface area (Å²) in [6.07, 6.45) is 19.0. The molecule has 2 aliphatic carbocycles. The first-order valence-electron chi connectivity index (χ1n) is 29.1. The van der Waals surface area contributed by atoms with E-state index in [-0.39, 0.29) is 64.7 Å². The number of rotatable bonds is 12. The number of carboxylic acids is 1. The number of fused-ring (bicyclic) bond motifs is 6.